The zero-order valence-corrected chi connectivity index (χ0v) is 18.4. The SMILES string of the molecule is CCCCCCCC[C@@H](O)[C@@H](O)CCCCCCCC(=O)OCc1ccccc1. The monoisotopic (exact) mass is 406 g/mol. The van der Waals surface area contributed by atoms with E-state index in [0.29, 0.717) is 25.9 Å². The average molecular weight is 407 g/mol. The van der Waals surface area contributed by atoms with E-state index < -0.39 is 12.2 Å². The largest absolute Gasteiger partial charge is 0.461 e. The summed E-state index contributed by atoms with van der Waals surface area (Å²) in [6.45, 7) is 2.56. The van der Waals surface area contributed by atoms with E-state index in [1.165, 1.54) is 25.7 Å². The summed E-state index contributed by atoms with van der Waals surface area (Å²) in [6, 6.07) is 9.72. The number of esters is 1. The van der Waals surface area contributed by atoms with Crippen LogP contribution < -0.4 is 0 Å². The number of carbonyl (C=O) groups is 1. The number of unbranched alkanes of at least 4 members (excludes halogenated alkanes) is 9. The van der Waals surface area contributed by atoms with Crippen molar-refractivity contribution in [1.29, 1.82) is 0 Å². The van der Waals surface area contributed by atoms with Crippen LogP contribution in [0.2, 0.25) is 0 Å². The van der Waals surface area contributed by atoms with Crippen molar-refractivity contribution in [2.75, 3.05) is 0 Å². The van der Waals surface area contributed by atoms with Gasteiger partial charge in [0.1, 0.15) is 6.61 Å². The van der Waals surface area contributed by atoms with Crippen molar-refractivity contribution in [3.63, 3.8) is 0 Å². The number of hydrogen-bond donors (Lipinski definition) is 2. The van der Waals surface area contributed by atoms with Crippen LogP contribution in [-0.4, -0.2) is 28.4 Å². The average Bonchev–Trinajstić information content (AvgIpc) is 2.74. The Morgan fingerprint density at radius 3 is 1.90 bits per heavy atom. The smallest absolute Gasteiger partial charge is 0.306 e. The minimum absolute atomic E-state index is 0.137. The molecule has 1 aromatic rings. The van der Waals surface area contributed by atoms with Gasteiger partial charge in [-0.25, -0.2) is 0 Å². The van der Waals surface area contributed by atoms with Gasteiger partial charge >= 0.3 is 5.97 Å². The molecule has 29 heavy (non-hydrogen) atoms. The molecule has 4 heteroatoms. The van der Waals surface area contributed by atoms with Crippen molar-refractivity contribution in [2.24, 2.45) is 0 Å². The fourth-order valence-electron chi connectivity index (χ4n) is 3.48. The van der Waals surface area contributed by atoms with Crippen LogP contribution >= 0.6 is 0 Å². The molecule has 0 bridgehead atoms. The van der Waals surface area contributed by atoms with E-state index >= 15 is 0 Å². The first-order valence-corrected chi connectivity index (χ1v) is 11.7. The van der Waals surface area contributed by atoms with Crippen LogP contribution in [0, 0.1) is 0 Å². The molecular weight excluding hydrogens is 364 g/mol. The Morgan fingerprint density at radius 1 is 0.793 bits per heavy atom. The summed E-state index contributed by atoms with van der Waals surface area (Å²) in [4.78, 5) is 11.7. The highest BCUT2D eigenvalue weighted by atomic mass is 16.5. The number of benzene rings is 1. The molecule has 166 valence electrons. The van der Waals surface area contributed by atoms with Gasteiger partial charge in [-0.05, 0) is 24.8 Å². The van der Waals surface area contributed by atoms with E-state index in [-0.39, 0.29) is 5.97 Å². The van der Waals surface area contributed by atoms with Crippen molar-refractivity contribution >= 4 is 5.97 Å². The number of hydrogen-bond acceptors (Lipinski definition) is 4. The zero-order chi connectivity index (χ0) is 21.2. The summed E-state index contributed by atoms with van der Waals surface area (Å²) in [7, 11) is 0. The first-order valence-electron chi connectivity index (χ1n) is 11.7. The van der Waals surface area contributed by atoms with Crippen molar-refractivity contribution in [3.05, 3.63) is 35.9 Å². The highest BCUT2D eigenvalue weighted by Gasteiger charge is 2.15. The third kappa shape index (κ3) is 14.3. The van der Waals surface area contributed by atoms with Gasteiger partial charge in [0.2, 0.25) is 0 Å². The minimum atomic E-state index is -0.599. The van der Waals surface area contributed by atoms with Gasteiger partial charge < -0.3 is 14.9 Å². The lowest BCUT2D eigenvalue weighted by Gasteiger charge is -2.17. The van der Waals surface area contributed by atoms with Gasteiger partial charge in [-0.2, -0.15) is 0 Å². The lowest BCUT2D eigenvalue weighted by Crippen LogP contribution is -2.25. The number of carbonyl (C=O) groups excluding carboxylic acids is 1. The molecular formula is C25H42O4. The topological polar surface area (TPSA) is 66.8 Å². The second-order valence-corrected chi connectivity index (χ2v) is 8.14. The minimum Gasteiger partial charge on any atom is -0.461 e. The Labute approximate surface area is 177 Å². The van der Waals surface area contributed by atoms with Crippen molar-refractivity contribution < 1.29 is 19.7 Å². The van der Waals surface area contributed by atoms with Crippen LogP contribution in [0.15, 0.2) is 30.3 Å². The fraction of sp³-hybridized carbons (Fsp3) is 0.720. The van der Waals surface area contributed by atoms with E-state index in [1.54, 1.807) is 0 Å². The van der Waals surface area contributed by atoms with E-state index in [2.05, 4.69) is 6.92 Å². The van der Waals surface area contributed by atoms with Crippen LogP contribution in [0.3, 0.4) is 0 Å². The quantitative estimate of drug-likeness (QED) is 0.234. The summed E-state index contributed by atoms with van der Waals surface area (Å²) in [5.74, 6) is -0.137. The fourth-order valence-corrected chi connectivity index (χ4v) is 3.48. The second kappa shape index (κ2) is 17.5. The molecule has 0 aliphatic heterocycles. The molecule has 0 spiro atoms. The first-order chi connectivity index (χ1) is 14.1. The summed E-state index contributed by atoms with van der Waals surface area (Å²) in [5.41, 5.74) is 1.01. The van der Waals surface area contributed by atoms with Gasteiger partial charge in [0.25, 0.3) is 0 Å². The number of aliphatic hydroxyl groups is 2. The lowest BCUT2D eigenvalue weighted by molar-refractivity contribution is -0.145. The number of rotatable bonds is 18. The Kier molecular flexibility index (Phi) is 15.4. The van der Waals surface area contributed by atoms with E-state index in [9.17, 15) is 15.0 Å². The molecule has 0 radical (unpaired) electrons. The highest BCUT2D eigenvalue weighted by molar-refractivity contribution is 5.69. The summed E-state index contributed by atoms with van der Waals surface area (Å²) < 4.78 is 5.27. The van der Waals surface area contributed by atoms with Crippen LogP contribution in [0.25, 0.3) is 0 Å². The van der Waals surface area contributed by atoms with Crippen molar-refractivity contribution in [2.45, 2.75) is 116 Å². The molecule has 1 rings (SSSR count). The molecule has 0 saturated heterocycles. The van der Waals surface area contributed by atoms with Crippen LogP contribution in [0.5, 0.6) is 0 Å². The summed E-state index contributed by atoms with van der Waals surface area (Å²) in [5, 5.41) is 20.1. The van der Waals surface area contributed by atoms with Crippen LogP contribution in [-0.2, 0) is 16.1 Å². The standard InChI is InChI=1S/C25H42O4/c1-2-3-4-5-7-13-18-23(26)24(27)19-14-8-6-9-15-20-25(28)29-21-22-16-11-10-12-17-22/h10-12,16-17,23-24,26-27H,2-9,13-15,18-21H2,1H3/t23-,24+/m1/s1. The maximum absolute atomic E-state index is 11.7. The normalized spacial score (nSPS) is 13.2. The molecule has 0 fully saturated rings. The summed E-state index contributed by atoms with van der Waals surface area (Å²) in [6.07, 6.45) is 12.7. The van der Waals surface area contributed by atoms with Gasteiger partial charge in [-0.1, -0.05) is 101 Å². The Hall–Kier alpha value is -1.39. The lowest BCUT2D eigenvalue weighted by atomic mass is 9.99. The Morgan fingerprint density at radius 2 is 1.31 bits per heavy atom. The molecule has 0 saturated carbocycles. The zero-order valence-electron chi connectivity index (χ0n) is 18.4. The first kappa shape index (κ1) is 25.6. The third-order valence-corrected chi connectivity index (χ3v) is 5.42. The molecule has 1 aromatic carbocycles. The van der Waals surface area contributed by atoms with Gasteiger partial charge in [0, 0.05) is 6.42 Å². The van der Waals surface area contributed by atoms with Crippen LogP contribution in [0.1, 0.15) is 102 Å². The molecule has 2 atom stereocenters. The maximum Gasteiger partial charge on any atom is 0.306 e. The molecule has 0 unspecified atom stereocenters. The molecule has 0 aliphatic carbocycles. The van der Waals surface area contributed by atoms with Gasteiger partial charge in [0.15, 0.2) is 0 Å². The molecule has 4 nitrogen and oxygen atoms in total. The number of ether oxygens (including phenoxy) is 1. The second-order valence-electron chi connectivity index (χ2n) is 8.14. The van der Waals surface area contributed by atoms with Gasteiger partial charge in [0.05, 0.1) is 12.2 Å². The molecule has 0 amide bonds. The highest BCUT2D eigenvalue weighted by Crippen LogP contribution is 2.15. The molecule has 0 aromatic heterocycles. The van der Waals surface area contributed by atoms with E-state index in [4.69, 9.17) is 4.74 Å². The van der Waals surface area contributed by atoms with Crippen LogP contribution in [0.4, 0.5) is 0 Å². The Bertz CT molecular complexity index is 503. The van der Waals surface area contributed by atoms with E-state index in [1.807, 2.05) is 30.3 Å². The third-order valence-electron chi connectivity index (χ3n) is 5.42. The number of aliphatic hydroxyl groups excluding tert-OH is 2. The predicted octanol–water partition coefficient (Wildman–Crippen LogP) is 5.93. The molecule has 0 aliphatic rings. The molecule has 2 N–H and O–H groups in total. The predicted molar refractivity (Wildman–Crippen MR) is 119 cm³/mol. The Balaban J connectivity index is 1.91. The van der Waals surface area contributed by atoms with Crippen molar-refractivity contribution in [3.8, 4) is 0 Å². The molecule has 0 heterocycles. The van der Waals surface area contributed by atoms with Gasteiger partial charge in [-0.3, -0.25) is 4.79 Å². The van der Waals surface area contributed by atoms with E-state index in [0.717, 1.165) is 50.5 Å². The van der Waals surface area contributed by atoms with Crippen molar-refractivity contribution in [1.82, 2.24) is 0 Å². The van der Waals surface area contributed by atoms with Gasteiger partial charge in [-0.15, -0.1) is 0 Å². The maximum atomic E-state index is 11.7. The summed E-state index contributed by atoms with van der Waals surface area (Å²) >= 11 is 0.